The summed E-state index contributed by atoms with van der Waals surface area (Å²) in [5.41, 5.74) is 2.95. The van der Waals surface area contributed by atoms with Crippen molar-refractivity contribution in [2.24, 2.45) is 0 Å². The average molecular weight is 346 g/mol. The second-order valence-electron chi connectivity index (χ2n) is 5.92. The Hall–Kier alpha value is -2.29. The van der Waals surface area contributed by atoms with Gasteiger partial charge in [0.15, 0.2) is 0 Å². The molecule has 25 heavy (non-hydrogen) atoms. The van der Waals surface area contributed by atoms with E-state index in [-0.39, 0.29) is 18.9 Å². The lowest BCUT2D eigenvalue weighted by atomic mass is 10.1. The summed E-state index contributed by atoms with van der Waals surface area (Å²) in [6.45, 7) is 2.66. The van der Waals surface area contributed by atoms with Gasteiger partial charge in [-0.15, -0.1) is 0 Å². The highest BCUT2D eigenvalue weighted by Gasteiger charge is 2.11. The van der Waals surface area contributed by atoms with E-state index < -0.39 is 0 Å². The van der Waals surface area contributed by atoms with E-state index >= 15 is 0 Å². The Kier molecular flexibility index (Phi) is 7.52. The molecule has 4 N–H and O–H groups in total. The third-order valence-corrected chi connectivity index (χ3v) is 3.78. The Morgan fingerprint density at radius 3 is 2.88 bits per heavy atom. The van der Waals surface area contributed by atoms with Crippen LogP contribution in [0.25, 0.3) is 11.3 Å². The minimum atomic E-state index is -0.150. The Morgan fingerprint density at radius 2 is 2.20 bits per heavy atom. The second-order valence-corrected chi connectivity index (χ2v) is 5.92. The number of nitrogens with zero attached hydrogens (tertiary/aromatic N) is 3. The first-order chi connectivity index (χ1) is 12.1. The molecule has 136 valence electrons. The zero-order chi connectivity index (χ0) is 18.1. The van der Waals surface area contributed by atoms with Crippen LogP contribution in [0.1, 0.15) is 18.4 Å². The van der Waals surface area contributed by atoms with Crippen LogP contribution < -0.4 is 10.6 Å². The van der Waals surface area contributed by atoms with Gasteiger partial charge in [0, 0.05) is 50.0 Å². The number of likely N-dealkylation sites (N-methyl/N-ethyl adjacent to an activating group) is 2. The average Bonchev–Trinajstić information content (AvgIpc) is 3.07. The van der Waals surface area contributed by atoms with Crippen molar-refractivity contribution in [3.63, 3.8) is 0 Å². The fourth-order valence-corrected chi connectivity index (χ4v) is 2.41. The van der Waals surface area contributed by atoms with Gasteiger partial charge in [0.25, 0.3) is 0 Å². The predicted octanol–water partition coefficient (Wildman–Crippen LogP) is 0.834. The van der Waals surface area contributed by atoms with E-state index in [4.69, 9.17) is 5.11 Å². The number of carbonyl (C=O) groups excluding carboxylic acids is 1. The maximum atomic E-state index is 11.7. The fourth-order valence-electron chi connectivity index (χ4n) is 2.41. The van der Waals surface area contributed by atoms with Crippen molar-refractivity contribution in [1.29, 1.82) is 0 Å². The minimum absolute atomic E-state index is 0.00511. The van der Waals surface area contributed by atoms with Crippen LogP contribution in [0.4, 0.5) is 5.82 Å². The first-order valence-electron chi connectivity index (χ1n) is 8.36. The van der Waals surface area contributed by atoms with Crippen LogP contribution in [0.2, 0.25) is 0 Å². The van der Waals surface area contributed by atoms with Crippen molar-refractivity contribution in [2.45, 2.75) is 19.4 Å². The molecule has 0 spiro atoms. The topological polar surface area (TPSA) is 106 Å². The number of rotatable bonds is 10. The molecule has 2 aromatic rings. The number of H-pyrrole nitrogens is 1. The third-order valence-electron chi connectivity index (χ3n) is 3.78. The summed E-state index contributed by atoms with van der Waals surface area (Å²) in [5, 5.41) is 21.8. The highest BCUT2D eigenvalue weighted by atomic mass is 16.3. The second kappa shape index (κ2) is 9.87. The van der Waals surface area contributed by atoms with Crippen LogP contribution in [0.5, 0.6) is 0 Å². The summed E-state index contributed by atoms with van der Waals surface area (Å²) >= 11 is 0. The number of carbonyl (C=O) groups is 1. The van der Waals surface area contributed by atoms with Gasteiger partial charge in [-0.2, -0.15) is 5.10 Å². The number of hydrogen-bond acceptors (Lipinski definition) is 6. The normalized spacial score (nSPS) is 11.0. The minimum Gasteiger partial charge on any atom is -0.396 e. The summed E-state index contributed by atoms with van der Waals surface area (Å²) in [5.74, 6) is 0.349. The summed E-state index contributed by atoms with van der Waals surface area (Å²) in [6, 6.07) is 3.67. The van der Waals surface area contributed by atoms with Gasteiger partial charge >= 0.3 is 0 Å². The number of aromatic nitrogens is 3. The molecule has 2 aromatic heterocycles. The Labute approximate surface area is 147 Å². The molecule has 0 aromatic carbocycles. The first kappa shape index (κ1) is 19.0. The van der Waals surface area contributed by atoms with Crippen molar-refractivity contribution < 1.29 is 9.90 Å². The van der Waals surface area contributed by atoms with E-state index in [1.54, 1.807) is 12.3 Å². The molecule has 2 heterocycles. The maximum Gasteiger partial charge on any atom is 0.225 e. The van der Waals surface area contributed by atoms with Gasteiger partial charge in [-0.1, -0.05) is 0 Å². The highest BCUT2D eigenvalue weighted by molar-refractivity contribution is 5.89. The number of aromatic amines is 1. The van der Waals surface area contributed by atoms with Crippen LogP contribution in [-0.2, 0) is 11.3 Å². The number of hydrogen-bond donors (Lipinski definition) is 4. The molecule has 0 saturated heterocycles. The maximum absolute atomic E-state index is 11.7. The van der Waals surface area contributed by atoms with Gasteiger partial charge in [0.1, 0.15) is 5.82 Å². The van der Waals surface area contributed by atoms with E-state index in [0.29, 0.717) is 12.2 Å². The van der Waals surface area contributed by atoms with Gasteiger partial charge in [-0.25, -0.2) is 4.98 Å². The Morgan fingerprint density at radius 1 is 1.36 bits per heavy atom. The third kappa shape index (κ3) is 5.93. The molecular formula is C17H26N6O2. The van der Waals surface area contributed by atoms with E-state index in [2.05, 4.69) is 37.8 Å². The van der Waals surface area contributed by atoms with E-state index in [1.165, 1.54) is 0 Å². The molecule has 0 bridgehead atoms. The van der Waals surface area contributed by atoms with Crippen molar-refractivity contribution in [3.05, 3.63) is 30.1 Å². The monoisotopic (exact) mass is 346 g/mol. The number of aliphatic hydroxyl groups is 1. The quantitative estimate of drug-likeness (QED) is 0.508. The van der Waals surface area contributed by atoms with Crippen molar-refractivity contribution >= 4 is 11.7 Å². The molecule has 0 atom stereocenters. The van der Waals surface area contributed by atoms with Crippen LogP contribution in [-0.4, -0.2) is 64.9 Å². The predicted molar refractivity (Wildman–Crippen MR) is 97.0 cm³/mol. The molecule has 8 nitrogen and oxygen atoms in total. The lowest BCUT2D eigenvalue weighted by Crippen LogP contribution is -2.27. The number of aliphatic hydroxyl groups excluding tert-OH is 1. The number of amides is 1. The van der Waals surface area contributed by atoms with E-state index in [1.807, 2.05) is 19.3 Å². The van der Waals surface area contributed by atoms with E-state index in [9.17, 15) is 4.79 Å². The smallest absolute Gasteiger partial charge is 0.225 e. The molecule has 0 unspecified atom stereocenters. The fraction of sp³-hybridized carbons (Fsp3) is 0.471. The molecule has 0 saturated carbocycles. The van der Waals surface area contributed by atoms with Crippen LogP contribution in [0.3, 0.4) is 0 Å². The summed E-state index contributed by atoms with van der Waals surface area (Å²) in [6.07, 6.45) is 4.27. The molecule has 0 fully saturated rings. The van der Waals surface area contributed by atoms with Crippen LogP contribution in [0.15, 0.2) is 24.5 Å². The van der Waals surface area contributed by atoms with Crippen LogP contribution >= 0.6 is 0 Å². The first-order valence-corrected chi connectivity index (χ1v) is 8.36. The standard InChI is InChI=1S/C17H26N6O2/c1-18-7-8-23(2)12-14-11-20-22-17(14)13-5-6-15(19-10-13)21-16(25)4-3-9-24/h5-6,10-11,18,24H,3-4,7-9,12H2,1-2H3,(H,20,22)(H,19,21,25). The highest BCUT2D eigenvalue weighted by Crippen LogP contribution is 2.22. The van der Waals surface area contributed by atoms with Crippen molar-refractivity contribution in [1.82, 2.24) is 25.4 Å². The van der Waals surface area contributed by atoms with Crippen molar-refractivity contribution in [2.75, 3.05) is 39.1 Å². The molecule has 0 aliphatic rings. The van der Waals surface area contributed by atoms with Gasteiger partial charge in [0.05, 0.1) is 11.9 Å². The molecular weight excluding hydrogens is 320 g/mol. The number of pyridine rings is 1. The zero-order valence-corrected chi connectivity index (χ0v) is 14.7. The summed E-state index contributed by atoms with van der Waals surface area (Å²) < 4.78 is 0. The van der Waals surface area contributed by atoms with Crippen LogP contribution in [0, 0.1) is 0 Å². The van der Waals surface area contributed by atoms with Gasteiger partial charge in [0.2, 0.25) is 5.91 Å². The Bertz CT molecular complexity index is 655. The van der Waals surface area contributed by atoms with Gasteiger partial charge in [-0.3, -0.25) is 9.89 Å². The summed E-state index contributed by atoms with van der Waals surface area (Å²) in [7, 11) is 4.00. The number of anilines is 1. The molecule has 0 aliphatic heterocycles. The molecule has 0 radical (unpaired) electrons. The molecule has 1 amide bonds. The summed E-state index contributed by atoms with van der Waals surface area (Å²) in [4.78, 5) is 18.2. The lowest BCUT2D eigenvalue weighted by molar-refractivity contribution is -0.116. The van der Waals surface area contributed by atoms with Crippen molar-refractivity contribution in [3.8, 4) is 11.3 Å². The van der Waals surface area contributed by atoms with E-state index in [0.717, 1.165) is 36.5 Å². The zero-order valence-electron chi connectivity index (χ0n) is 14.7. The molecule has 0 aliphatic carbocycles. The number of nitrogens with one attached hydrogen (secondary N) is 3. The lowest BCUT2D eigenvalue weighted by Gasteiger charge is -2.16. The SMILES string of the molecule is CNCCN(C)Cc1cn[nH]c1-c1ccc(NC(=O)CCCO)nc1. The largest absolute Gasteiger partial charge is 0.396 e. The molecule has 2 rings (SSSR count). The van der Waals surface area contributed by atoms with Gasteiger partial charge < -0.3 is 20.6 Å². The van der Waals surface area contributed by atoms with Gasteiger partial charge in [-0.05, 0) is 32.6 Å². The molecule has 8 heteroatoms. The Balaban J connectivity index is 2.00.